The molecule has 1 N–H and O–H groups in total. The molecule has 1 aromatic carbocycles. The van der Waals surface area contributed by atoms with Crippen molar-refractivity contribution in [1.82, 2.24) is 10.2 Å². The van der Waals surface area contributed by atoms with Crippen LogP contribution in [0.2, 0.25) is 10.0 Å². The second-order valence-corrected chi connectivity index (χ2v) is 8.04. The van der Waals surface area contributed by atoms with Gasteiger partial charge >= 0.3 is 6.09 Å². The lowest BCUT2D eigenvalue weighted by Gasteiger charge is -2.32. The fourth-order valence-corrected chi connectivity index (χ4v) is 3.12. The molecule has 0 radical (unpaired) electrons. The van der Waals surface area contributed by atoms with Crippen LogP contribution in [0.3, 0.4) is 0 Å². The molecule has 0 aromatic heterocycles. The number of nitrogens with one attached hydrogen (secondary N) is 1. The number of nitrogens with zero attached hydrogens (tertiary/aromatic N) is 1. The minimum atomic E-state index is -0.511. The highest BCUT2D eigenvalue weighted by atomic mass is 35.5. The van der Waals surface area contributed by atoms with E-state index >= 15 is 0 Å². The number of hydrogen-bond acceptors (Lipinski definition) is 3. The number of carbonyl (C=O) groups excluding carboxylic acids is 2. The van der Waals surface area contributed by atoms with Crippen molar-refractivity contribution in [1.29, 1.82) is 0 Å². The van der Waals surface area contributed by atoms with Crippen molar-refractivity contribution in [3.63, 3.8) is 0 Å². The SMILES string of the molecule is CC(C)(C)OC(=O)N1CCC(C(=O)NCc2ccc(Cl)cc2Cl)CC1. The number of halogens is 2. The summed E-state index contributed by atoms with van der Waals surface area (Å²) in [5, 5.41) is 4.01. The summed E-state index contributed by atoms with van der Waals surface area (Å²) in [5.74, 6) is -0.125. The number of carbonyl (C=O) groups is 2. The summed E-state index contributed by atoms with van der Waals surface area (Å²) < 4.78 is 5.36. The third-order valence-electron chi connectivity index (χ3n) is 3.99. The molecule has 138 valence electrons. The topological polar surface area (TPSA) is 58.6 Å². The smallest absolute Gasteiger partial charge is 0.410 e. The molecule has 2 amide bonds. The molecule has 25 heavy (non-hydrogen) atoms. The van der Waals surface area contributed by atoms with Crippen molar-refractivity contribution >= 4 is 35.2 Å². The molecule has 1 saturated heterocycles. The first-order valence-electron chi connectivity index (χ1n) is 8.35. The predicted molar refractivity (Wildman–Crippen MR) is 98.8 cm³/mol. The Hall–Kier alpha value is -1.46. The average Bonchev–Trinajstić information content (AvgIpc) is 2.52. The molecule has 0 atom stereocenters. The summed E-state index contributed by atoms with van der Waals surface area (Å²) in [7, 11) is 0. The molecule has 0 saturated carbocycles. The standard InChI is InChI=1S/C18H24Cl2N2O3/c1-18(2,3)25-17(24)22-8-6-12(7-9-22)16(23)21-11-13-4-5-14(19)10-15(13)20/h4-5,10,12H,6-9,11H2,1-3H3,(H,21,23). The Kier molecular flexibility index (Phi) is 6.58. The van der Waals surface area contributed by atoms with E-state index in [0.29, 0.717) is 42.5 Å². The first-order chi connectivity index (χ1) is 11.7. The maximum Gasteiger partial charge on any atom is 0.410 e. The van der Waals surface area contributed by atoms with Crippen molar-refractivity contribution in [3.05, 3.63) is 33.8 Å². The van der Waals surface area contributed by atoms with Gasteiger partial charge in [-0.15, -0.1) is 0 Å². The van der Waals surface area contributed by atoms with Gasteiger partial charge in [0.05, 0.1) is 0 Å². The van der Waals surface area contributed by atoms with Crippen LogP contribution in [0.1, 0.15) is 39.2 Å². The van der Waals surface area contributed by atoms with Gasteiger partial charge in [0.2, 0.25) is 5.91 Å². The summed E-state index contributed by atoms with van der Waals surface area (Å²) >= 11 is 12.0. The van der Waals surface area contributed by atoms with Crippen molar-refractivity contribution < 1.29 is 14.3 Å². The molecule has 0 bridgehead atoms. The third kappa shape index (κ3) is 6.08. The summed E-state index contributed by atoms with van der Waals surface area (Å²) in [6.07, 6.45) is 0.929. The van der Waals surface area contributed by atoms with Gasteiger partial charge in [-0.05, 0) is 51.3 Å². The number of likely N-dealkylation sites (tertiary alicyclic amines) is 1. The predicted octanol–water partition coefficient (Wildman–Crippen LogP) is 4.26. The number of hydrogen-bond donors (Lipinski definition) is 1. The van der Waals surface area contributed by atoms with Crippen molar-refractivity contribution in [3.8, 4) is 0 Å². The molecule has 1 aliphatic rings. The third-order valence-corrected chi connectivity index (χ3v) is 4.57. The zero-order valence-electron chi connectivity index (χ0n) is 14.8. The Morgan fingerprint density at radius 3 is 2.44 bits per heavy atom. The quantitative estimate of drug-likeness (QED) is 0.843. The van der Waals surface area contributed by atoms with Crippen LogP contribution < -0.4 is 5.32 Å². The highest BCUT2D eigenvalue weighted by Crippen LogP contribution is 2.22. The number of ether oxygens (including phenoxy) is 1. The molecule has 1 heterocycles. The van der Waals surface area contributed by atoms with Gasteiger partial charge in [0.25, 0.3) is 0 Å². The Labute approximate surface area is 158 Å². The van der Waals surface area contributed by atoms with E-state index in [-0.39, 0.29) is 17.9 Å². The van der Waals surface area contributed by atoms with Crippen LogP contribution in [-0.2, 0) is 16.1 Å². The highest BCUT2D eigenvalue weighted by molar-refractivity contribution is 6.35. The molecule has 1 fully saturated rings. The van der Waals surface area contributed by atoms with Gasteiger partial charge < -0.3 is 15.0 Å². The van der Waals surface area contributed by atoms with E-state index in [2.05, 4.69) is 5.32 Å². The largest absolute Gasteiger partial charge is 0.444 e. The van der Waals surface area contributed by atoms with Crippen LogP contribution in [0.15, 0.2) is 18.2 Å². The molecular formula is C18H24Cl2N2O3. The van der Waals surface area contributed by atoms with Gasteiger partial charge in [-0.3, -0.25) is 4.79 Å². The van der Waals surface area contributed by atoms with Gasteiger partial charge in [-0.1, -0.05) is 29.3 Å². The van der Waals surface area contributed by atoms with Crippen molar-refractivity contribution in [2.75, 3.05) is 13.1 Å². The zero-order chi connectivity index (χ0) is 18.6. The summed E-state index contributed by atoms with van der Waals surface area (Å²) in [6, 6.07) is 5.20. The second-order valence-electron chi connectivity index (χ2n) is 7.20. The Bertz CT molecular complexity index is 636. The maximum absolute atomic E-state index is 12.3. The molecule has 7 heteroatoms. The lowest BCUT2D eigenvalue weighted by molar-refractivity contribution is -0.126. The Morgan fingerprint density at radius 2 is 1.88 bits per heavy atom. The van der Waals surface area contributed by atoms with Gasteiger partial charge in [0.15, 0.2) is 0 Å². The van der Waals surface area contributed by atoms with E-state index < -0.39 is 5.60 Å². The lowest BCUT2D eigenvalue weighted by atomic mass is 9.96. The highest BCUT2D eigenvalue weighted by Gasteiger charge is 2.29. The minimum absolute atomic E-state index is 0.0187. The maximum atomic E-state index is 12.3. The van der Waals surface area contributed by atoms with E-state index in [1.54, 1.807) is 23.1 Å². The number of piperidine rings is 1. The van der Waals surface area contributed by atoms with Gasteiger partial charge in [-0.2, -0.15) is 0 Å². The fourth-order valence-electron chi connectivity index (χ4n) is 2.64. The number of benzene rings is 1. The van der Waals surface area contributed by atoms with Crippen LogP contribution in [0, 0.1) is 5.92 Å². The monoisotopic (exact) mass is 386 g/mol. The molecule has 1 aromatic rings. The number of amides is 2. The fraction of sp³-hybridized carbons (Fsp3) is 0.556. The first-order valence-corrected chi connectivity index (χ1v) is 9.11. The van der Waals surface area contributed by atoms with Crippen LogP contribution in [0.25, 0.3) is 0 Å². The Morgan fingerprint density at radius 1 is 1.24 bits per heavy atom. The Balaban J connectivity index is 1.80. The second kappa shape index (κ2) is 8.28. The molecule has 0 spiro atoms. The molecule has 5 nitrogen and oxygen atoms in total. The van der Waals surface area contributed by atoms with Crippen LogP contribution >= 0.6 is 23.2 Å². The molecule has 0 unspecified atom stereocenters. The van der Waals surface area contributed by atoms with E-state index in [1.165, 1.54) is 0 Å². The van der Waals surface area contributed by atoms with E-state index in [9.17, 15) is 9.59 Å². The van der Waals surface area contributed by atoms with Gasteiger partial charge in [-0.25, -0.2) is 4.79 Å². The van der Waals surface area contributed by atoms with E-state index in [0.717, 1.165) is 5.56 Å². The zero-order valence-corrected chi connectivity index (χ0v) is 16.3. The summed E-state index contributed by atoms with van der Waals surface area (Å²) in [6.45, 7) is 6.93. The summed E-state index contributed by atoms with van der Waals surface area (Å²) in [4.78, 5) is 26.0. The molecular weight excluding hydrogens is 363 g/mol. The minimum Gasteiger partial charge on any atom is -0.444 e. The van der Waals surface area contributed by atoms with E-state index in [1.807, 2.05) is 20.8 Å². The average molecular weight is 387 g/mol. The lowest BCUT2D eigenvalue weighted by Crippen LogP contribution is -2.44. The van der Waals surface area contributed by atoms with Gasteiger partial charge in [0, 0.05) is 35.6 Å². The van der Waals surface area contributed by atoms with Gasteiger partial charge in [0.1, 0.15) is 5.60 Å². The molecule has 0 aliphatic carbocycles. The van der Waals surface area contributed by atoms with Crippen LogP contribution in [0.4, 0.5) is 4.79 Å². The molecule has 1 aliphatic heterocycles. The van der Waals surface area contributed by atoms with Crippen molar-refractivity contribution in [2.45, 2.75) is 45.8 Å². The summed E-state index contributed by atoms with van der Waals surface area (Å²) in [5.41, 5.74) is 0.314. The first kappa shape index (κ1) is 19.9. The molecule has 2 rings (SSSR count). The normalized spacial score (nSPS) is 15.8. The van der Waals surface area contributed by atoms with Crippen molar-refractivity contribution in [2.24, 2.45) is 5.92 Å². The van der Waals surface area contributed by atoms with Crippen LogP contribution in [-0.4, -0.2) is 35.6 Å². The number of rotatable bonds is 3. The van der Waals surface area contributed by atoms with Crippen LogP contribution in [0.5, 0.6) is 0 Å². The van der Waals surface area contributed by atoms with E-state index in [4.69, 9.17) is 27.9 Å².